The summed E-state index contributed by atoms with van der Waals surface area (Å²) >= 11 is 0. The summed E-state index contributed by atoms with van der Waals surface area (Å²) in [6.45, 7) is 2.55. The molecule has 204 valence electrons. The van der Waals surface area contributed by atoms with Crippen molar-refractivity contribution in [2.75, 3.05) is 0 Å². The highest BCUT2D eigenvalue weighted by Crippen LogP contribution is 2.38. The van der Waals surface area contributed by atoms with Gasteiger partial charge in [0.05, 0.1) is 18.5 Å². The molecule has 0 bridgehead atoms. The van der Waals surface area contributed by atoms with Gasteiger partial charge in [-0.3, -0.25) is 0 Å². The van der Waals surface area contributed by atoms with Gasteiger partial charge in [0.15, 0.2) is 11.6 Å². The maximum absolute atomic E-state index is 12.0. The number of hydrogen-bond donors (Lipinski definition) is 2. The topological polar surface area (TPSA) is 135 Å². The van der Waals surface area contributed by atoms with Crippen LogP contribution in [0.3, 0.4) is 0 Å². The molecule has 0 aliphatic rings. The molecule has 1 unspecified atom stereocenters. The van der Waals surface area contributed by atoms with Crippen molar-refractivity contribution >= 4 is 32.6 Å². The Hall–Kier alpha value is -5.03. The lowest BCUT2D eigenvalue weighted by Crippen LogP contribution is -2.04. The van der Waals surface area contributed by atoms with Gasteiger partial charge in [-0.15, -0.1) is 20.4 Å². The fraction of sp³-hybridized carbons (Fsp3) is 0.133. The van der Waals surface area contributed by atoms with Gasteiger partial charge in [-0.05, 0) is 51.9 Å². The highest BCUT2D eigenvalue weighted by Gasteiger charge is 2.14. The zero-order chi connectivity index (χ0) is 28.2. The van der Waals surface area contributed by atoms with Gasteiger partial charge in [0.25, 0.3) is 0 Å². The van der Waals surface area contributed by atoms with Crippen LogP contribution in [0.4, 0.5) is 0 Å². The first-order valence-electron chi connectivity index (χ1n) is 13.0. The molecule has 2 aromatic heterocycles. The number of aromatic carboxylic acids is 1. The summed E-state index contributed by atoms with van der Waals surface area (Å²) in [7, 11) is -0.248. The molecule has 6 aromatic rings. The smallest absolute Gasteiger partial charge is 0.336 e. The number of carboxylic acid groups (broad SMARTS) is 1. The van der Waals surface area contributed by atoms with Crippen molar-refractivity contribution in [1.82, 2.24) is 40.8 Å². The number of rotatable bonds is 9. The number of hydrogen-bond acceptors (Lipinski definition) is 7. The van der Waals surface area contributed by atoms with E-state index in [4.69, 9.17) is 0 Å². The third kappa shape index (κ3) is 5.80. The second kappa shape index (κ2) is 11.6. The van der Waals surface area contributed by atoms with Gasteiger partial charge in [-0.25, -0.2) is 4.79 Å². The Kier molecular flexibility index (Phi) is 7.42. The number of nitrogens with one attached hydrogen (secondary N) is 1. The van der Waals surface area contributed by atoms with Crippen LogP contribution in [0.25, 0.3) is 21.9 Å². The van der Waals surface area contributed by atoms with Crippen LogP contribution < -0.4 is 0 Å². The van der Waals surface area contributed by atoms with Gasteiger partial charge in [-0.1, -0.05) is 83.4 Å². The van der Waals surface area contributed by atoms with Crippen molar-refractivity contribution in [2.24, 2.45) is 0 Å². The van der Waals surface area contributed by atoms with E-state index in [1.165, 1.54) is 5.56 Å². The first-order chi connectivity index (χ1) is 20.1. The third-order valence-electron chi connectivity index (χ3n) is 6.75. The molecule has 4 aromatic carbocycles. The van der Waals surface area contributed by atoms with Crippen LogP contribution in [0.15, 0.2) is 89.8 Å². The van der Waals surface area contributed by atoms with Crippen molar-refractivity contribution in [3.05, 3.63) is 113 Å². The SMILES string of the molecule is C/C=S(/Cc1ccc(-c2ccc(Cn3nnc(Cc4nn[nH]n4)n3)cc2)cc1)c1cccc2cccc(C(=O)O)c12. The standard InChI is InChI=1S/C30H26N8O2S/c1-2-41(26-8-4-6-24-5-3-7-25(29(24)26)30(39)40)19-21-11-15-23(16-12-21)22-13-9-20(10-14-22)18-38-34-28(33-37-38)17-27-31-35-36-32-27/h2-16H,17-19H2,1H3,(H,39,40)(H,31,32,35,36). The Balaban J connectivity index is 1.15. The van der Waals surface area contributed by atoms with Crippen LogP contribution in [0.1, 0.15) is 40.1 Å². The van der Waals surface area contributed by atoms with Crippen LogP contribution in [0.2, 0.25) is 0 Å². The Morgan fingerprint density at radius 3 is 2.27 bits per heavy atom. The van der Waals surface area contributed by atoms with E-state index in [0.717, 1.165) is 38.1 Å². The van der Waals surface area contributed by atoms with Crippen molar-refractivity contribution in [1.29, 1.82) is 0 Å². The van der Waals surface area contributed by atoms with Crippen LogP contribution in [0, 0.1) is 0 Å². The Bertz CT molecular complexity index is 1840. The number of carboxylic acids is 1. The van der Waals surface area contributed by atoms with E-state index in [2.05, 4.69) is 96.0 Å². The summed E-state index contributed by atoms with van der Waals surface area (Å²) in [5.41, 5.74) is 4.85. The van der Waals surface area contributed by atoms with Crippen molar-refractivity contribution in [2.45, 2.75) is 30.5 Å². The average Bonchev–Trinajstić information content (AvgIpc) is 3.68. The number of nitrogens with zero attached hydrogens (tertiary/aromatic N) is 7. The fourth-order valence-electron chi connectivity index (χ4n) is 4.74. The van der Waals surface area contributed by atoms with Gasteiger partial charge in [0.2, 0.25) is 0 Å². The molecule has 2 heterocycles. The van der Waals surface area contributed by atoms with Crippen molar-refractivity contribution < 1.29 is 9.90 Å². The van der Waals surface area contributed by atoms with Crippen molar-refractivity contribution in [3.63, 3.8) is 0 Å². The molecule has 0 aliphatic heterocycles. The first kappa shape index (κ1) is 26.2. The first-order valence-corrected chi connectivity index (χ1v) is 14.4. The third-order valence-corrected chi connectivity index (χ3v) is 8.87. The minimum Gasteiger partial charge on any atom is -0.478 e. The van der Waals surface area contributed by atoms with E-state index in [9.17, 15) is 9.90 Å². The summed E-state index contributed by atoms with van der Waals surface area (Å²) in [6.07, 6.45) is 0.369. The second-order valence-corrected chi connectivity index (χ2v) is 11.5. The molecule has 0 saturated heterocycles. The molecule has 0 fully saturated rings. The number of aromatic amines is 1. The number of benzene rings is 4. The van der Waals surface area contributed by atoms with Crippen LogP contribution in [0.5, 0.6) is 0 Å². The van der Waals surface area contributed by atoms with Gasteiger partial charge in [-0.2, -0.15) is 20.5 Å². The van der Waals surface area contributed by atoms with E-state index in [-0.39, 0.29) is 10.5 Å². The molecule has 0 aliphatic carbocycles. The molecule has 11 heteroatoms. The second-order valence-electron chi connectivity index (χ2n) is 9.41. The summed E-state index contributed by atoms with van der Waals surface area (Å²) in [6, 6.07) is 28.4. The molecule has 0 radical (unpaired) electrons. The number of tetrazole rings is 2. The number of carbonyl (C=O) groups is 1. The molecule has 6 rings (SSSR count). The maximum Gasteiger partial charge on any atom is 0.336 e. The van der Waals surface area contributed by atoms with Crippen LogP contribution in [-0.4, -0.2) is 57.3 Å². The zero-order valence-electron chi connectivity index (χ0n) is 22.2. The summed E-state index contributed by atoms with van der Waals surface area (Å²) in [4.78, 5) is 14.6. The van der Waals surface area contributed by atoms with Gasteiger partial charge >= 0.3 is 5.97 Å². The summed E-state index contributed by atoms with van der Waals surface area (Å²) < 4.78 is 0. The molecule has 2 N–H and O–H groups in total. The normalized spacial score (nSPS) is 12.1. The minimum absolute atomic E-state index is 0.248. The van der Waals surface area contributed by atoms with E-state index in [1.807, 2.05) is 25.1 Å². The predicted octanol–water partition coefficient (Wildman–Crippen LogP) is 4.99. The lowest BCUT2D eigenvalue weighted by Gasteiger charge is -2.15. The zero-order valence-corrected chi connectivity index (χ0v) is 23.0. The molecule has 1 atom stereocenters. The molecular weight excluding hydrogens is 536 g/mol. The lowest BCUT2D eigenvalue weighted by atomic mass is 10.0. The summed E-state index contributed by atoms with van der Waals surface area (Å²) in [5, 5.41) is 40.1. The fourth-order valence-corrected chi connectivity index (χ4v) is 6.61. The minimum atomic E-state index is -0.902. The van der Waals surface area contributed by atoms with E-state index < -0.39 is 5.97 Å². The number of H-pyrrole nitrogens is 1. The van der Waals surface area contributed by atoms with Crippen molar-refractivity contribution in [3.8, 4) is 11.1 Å². The average molecular weight is 563 g/mol. The Labute approximate surface area is 238 Å². The molecular formula is C30H26N8O2S. The highest BCUT2D eigenvalue weighted by atomic mass is 32.2. The van der Waals surface area contributed by atoms with Crippen LogP contribution >= 0.6 is 10.5 Å². The van der Waals surface area contributed by atoms with E-state index >= 15 is 0 Å². The number of fused-ring (bicyclic) bond motifs is 1. The van der Waals surface area contributed by atoms with Crippen LogP contribution in [-0.2, 0) is 18.7 Å². The largest absolute Gasteiger partial charge is 0.478 e. The Morgan fingerprint density at radius 1 is 0.902 bits per heavy atom. The molecule has 41 heavy (non-hydrogen) atoms. The Morgan fingerprint density at radius 2 is 1.61 bits per heavy atom. The maximum atomic E-state index is 12.0. The monoisotopic (exact) mass is 562 g/mol. The predicted molar refractivity (Wildman–Crippen MR) is 158 cm³/mol. The highest BCUT2D eigenvalue weighted by molar-refractivity contribution is 8.14. The lowest BCUT2D eigenvalue weighted by molar-refractivity contribution is 0.0699. The van der Waals surface area contributed by atoms with E-state index in [0.29, 0.717) is 30.2 Å². The quantitative estimate of drug-likeness (QED) is 0.235. The van der Waals surface area contributed by atoms with Gasteiger partial charge in [0.1, 0.15) is 0 Å². The molecule has 0 amide bonds. The van der Waals surface area contributed by atoms with Gasteiger partial charge < -0.3 is 5.11 Å². The number of aromatic nitrogens is 8. The van der Waals surface area contributed by atoms with E-state index in [1.54, 1.807) is 16.9 Å². The summed E-state index contributed by atoms with van der Waals surface area (Å²) in [5.74, 6) is 0.961. The van der Waals surface area contributed by atoms with Gasteiger partial charge in [0, 0.05) is 16.0 Å². The molecule has 0 saturated carbocycles. The molecule has 10 nitrogen and oxygen atoms in total. The molecule has 0 spiro atoms.